The summed E-state index contributed by atoms with van der Waals surface area (Å²) in [5.41, 5.74) is 0.292. The highest BCUT2D eigenvalue weighted by atomic mass is 35.5. The van der Waals surface area contributed by atoms with Crippen LogP contribution in [0.15, 0.2) is 126 Å². The molecule has 0 radical (unpaired) electrons. The van der Waals surface area contributed by atoms with E-state index in [1.165, 1.54) is 53.6 Å². The van der Waals surface area contributed by atoms with Crippen LogP contribution < -0.4 is 31.0 Å². The predicted molar refractivity (Wildman–Crippen MR) is 412 cm³/mol. The zero-order valence-electron chi connectivity index (χ0n) is 63.0. The maximum atomic E-state index is 14.2. The van der Waals surface area contributed by atoms with E-state index in [1.807, 2.05) is 43.0 Å². The number of rotatable bonds is 30. The summed E-state index contributed by atoms with van der Waals surface area (Å²) in [6.07, 6.45) is 8.87. The number of alkyl halides is 2. The van der Waals surface area contributed by atoms with Crippen molar-refractivity contribution in [3.05, 3.63) is 139 Å². The third kappa shape index (κ3) is 20.7. The molecular weight excluding hydrogens is 1460 g/mol. The molecule has 28 heteroatoms. The number of allylic oxidation sites excluding steroid dienone is 9. The first-order chi connectivity index (χ1) is 50.9. The lowest BCUT2D eigenvalue weighted by Crippen LogP contribution is -2.65. The SMILES string of the molecule is CCCC1CC(C(=O)NC(C(C)Cl)C2OC(SC)C(O)C(OC(=O)c3cc(=O)c4c(OCC(COc5cccc6oc(C(=O)OC7C(O)C(SC)OC(C(NC(=O)C8CC(CCC)CN8C)C(C)Cl)C7O)cc(=O)c56)OC(=O)/C=C(C)/C=C/C=C(C)/C=C/C5=C(C)CCCC5(C)C)cccc4o3)C2O)N(C)C1. The van der Waals surface area contributed by atoms with Crippen LogP contribution in [0.5, 0.6) is 11.5 Å². The Kier molecular flexibility index (Phi) is 29.9. The van der Waals surface area contributed by atoms with Crippen LogP contribution in [0.3, 0.4) is 0 Å². The predicted octanol–water partition coefficient (Wildman–Crippen LogP) is 9.94. The lowest BCUT2D eigenvalue weighted by Gasteiger charge is -2.45. The fraction of sp³-hybridized carbons (Fsp3) is 0.582. The Labute approximate surface area is 643 Å². The molecular formula is C79H104Cl2N4O20S2. The van der Waals surface area contributed by atoms with Crippen molar-refractivity contribution in [3.63, 3.8) is 0 Å². The number of hydrogen-bond donors (Lipinski definition) is 6. The summed E-state index contributed by atoms with van der Waals surface area (Å²) in [4.78, 5) is 102. The number of carbonyl (C=O) groups excluding carboxylic acids is 5. The number of thioether (sulfide) groups is 2. The molecule has 5 aliphatic rings. The van der Waals surface area contributed by atoms with Gasteiger partial charge in [-0.15, -0.1) is 46.7 Å². The van der Waals surface area contributed by atoms with Crippen molar-refractivity contribution in [2.45, 2.75) is 221 Å². The molecule has 1 aliphatic carbocycles. The van der Waals surface area contributed by atoms with E-state index in [9.17, 15) is 54.0 Å². The highest BCUT2D eigenvalue weighted by Crippen LogP contribution is 2.42. The summed E-state index contributed by atoms with van der Waals surface area (Å²) in [5, 5.41) is 50.8. The van der Waals surface area contributed by atoms with Crippen molar-refractivity contribution in [1.29, 1.82) is 0 Å². The van der Waals surface area contributed by atoms with Gasteiger partial charge < -0.3 is 73.1 Å². The number of amides is 2. The lowest BCUT2D eigenvalue weighted by atomic mass is 9.72. The van der Waals surface area contributed by atoms with E-state index in [1.54, 1.807) is 39.4 Å². The fourth-order valence-corrected chi connectivity index (χ4v) is 16.9. The topological polar surface area (TPSA) is 322 Å². The molecule has 586 valence electrons. The molecule has 24 nitrogen and oxygen atoms in total. The normalized spacial score (nSPS) is 28.2. The minimum absolute atomic E-state index is 0.0662. The zero-order chi connectivity index (χ0) is 77.9. The van der Waals surface area contributed by atoms with E-state index in [0.29, 0.717) is 30.3 Å². The minimum Gasteiger partial charge on any atom is -0.489 e. The molecule has 18 unspecified atom stereocenters. The second kappa shape index (κ2) is 37.9. The van der Waals surface area contributed by atoms with E-state index >= 15 is 0 Å². The van der Waals surface area contributed by atoms with Gasteiger partial charge in [0.25, 0.3) is 0 Å². The standard InChI is InChI=1S/C79H104Cl2N4O20S2/c1-14-20-46-33-50(84(10)37-46)73(93)82-63(44(6)80)69-65(89)71(67(91)77(104-69)106-12)102-75(95)58-35-52(86)61-54(25-17-27-56(61)100-58)97-39-48(99-60(88)32-42(4)23-16-22-41(3)29-30-49-43(5)24-19-31-79(49,8)9)40-98-55-26-18-28-57-62(55)53(87)36-59(101-57)76(96)103-72-66(90)70(105-78(107-13)68(72)92)64(45(7)81)83-74(94)51-34-47(21-15-2)38-85(51)11/h16-18,22-23,25-30,32,35-36,44-48,50-51,63-72,77-78,89-92H,14-15,19-21,24,31,33-34,37-40H2,1-13H3,(H,82,93)(H,83,94)/b23-16+,30-29+,41-22+,42-32+. The number of ether oxygens (including phenoxy) is 7. The van der Waals surface area contributed by atoms with Gasteiger partial charge >= 0.3 is 17.9 Å². The number of carbonyl (C=O) groups is 5. The summed E-state index contributed by atoms with van der Waals surface area (Å²) < 4.78 is 54.4. The van der Waals surface area contributed by atoms with Crippen molar-refractivity contribution < 1.29 is 86.4 Å². The zero-order valence-corrected chi connectivity index (χ0v) is 66.2. The first-order valence-electron chi connectivity index (χ1n) is 36.7. The van der Waals surface area contributed by atoms with Gasteiger partial charge in [-0.3, -0.25) is 29.0 Å². The van der Waals surface area contributed by atoms with Gasteiger partial charge in [-0.25, -0.2) is 14.4 Å². The van der Waals surface area contributed by atoms with Gasteiger partial charge in [0.1, 0.15) is 94.1 Å². The average Bonchev–Trinajstić information content (AvgIpc) is 1.71. The van der Waals surface area contributed by atoms with Crippen LogP contribution in [-0.4, -0.2) is 214 Å². The van der Waals surface area contributed by atoms with Gasteiger partial charge in [-0.05, 0) is 159 Å². The summed E-state index contributed by atoms with van der Waals surface area (Å²) in [5.74, 6) is -4.59. The average molecular weight is 1560 g/mol. The summed E-state index contributed by atoms with van der Waals surface area (Å²) in [6, 6.07) is 7.43. The Morgan fingerprint density at radius 2 is 1.15 bits per heavy atom. The number of esters is 3. The third-order valence-corrected chi connectivity index (χ3v) is 23.0. The Morgan fingerprint density at radius 3 is 1.57 bits per heavy atom. The molecule has 0 saturated carbocycles. The maximum Gasteiger partial charge on any atom is 0.374 e. The molecule has 9 rings (SSSR count). The van der Waals surface area contributed by atoms with Crippen LogP contribution in [0.2, 0.25) is 0 Å². The number of hydrogen-bond acceptors (Lipinski definition) is 24. The van der Waals surface area contributed by atoms with Gasteiger partial charge in [-0.1, -0.05) is 94.2 Å². The summed E-state index contributed by atoms with van der Waals surface area (Å²) >= 11 is 15.6. The highest BCUT2D eigenvalue weighted by Gasteiger charge is 2.53. The highest BCUT2D eigenvalue weighted by molar-refractivity contribution is 7.99. The monoisotopic (exact) mass is 1560 g/mol. The van der Waals surface area contributed by atoms with Crippen LogP contribution in [-0.2, 0) is 38.1 Å². The number of benzene rings is 2. The fourth-order valence-electron chi connectivity index (χ4n) is 15.2. The second-order valence-corrected chi connectivity index (χ2v) is 32.8. The summed E-state index contributed by atoms with van der Waals surface area (Å²) in [7, 11) is 3.75. The van der Waals surface area contributed by atoms with Gasteiger partial charge in [-0.2, -0.15) is 0 Å². The van der Waals surface area contributed by atoms with Gasteiger partial charge in [0.05, 0.1) is 34.9 Å². The van der Waals surface area contributed by atoms with Crippen LogP contribution in [0.1, 0.15) is 141 Å². The molecule has 107 heavy (non-hydrogen) atoms. The van der Waals surface area contributed by atoms with Gasteiger partial charge in [0, 0.05) is 31.3 Å². The molecule has 6 heterocycles. The second-order valence-electron chi connectivity index (χ2n) is 29.5. The van der Waals surface area contributed by atoms with Crippen LogP contribution in [0.25, 0.3) is 21.9 Å². The van der Waals surface area contributed by atoms with E-state index in [-0.39, 0.29) is 50.7 Å². The molecule has 4 aromatic rings. The third-order valence-electron chi connectivity index (χ3n) is 20.8. The molecule has 4 saturated heterocycles. The molecule has 6 N–H and O–H groups in total. The molecule has 2 amide bonds. The van der Waals surface area contributed by atoms with Crippen molar-refractivity contribution in [2.75, 3.05) is 52.9 Å². The first kappa shape index (κ1) is 84.5. The van der Waals surface area contributed by atoms with Gasteiger partial charge in [0.15, 0.2) is 29.2 Å². The van der Waals surface area contributed by atoms with E-state index < -0.39 is 154 Å². The number of aliphatic hydroxyl groups is 4. The Morgan fingerprint density at radius 1 is 0.692 bits per heavy atom. The molecule has 0 bridgehead atoms. The van der Waals surface area contributed by atoms with E-state index in [2.05, 4.69) is 57.4 Å². The minimum atomic E-state index is -1.74. The first-order valence-corrected chi connectivity index (χ1v) is 40.1. The number of nitrogens with zero attached hydrogens (tertiary/aromatic N) is 2. The van der Waals surface area contributed by atoms with Crippen molar-refractivity contribution in [2.24, 2.45) is 17.3 Å². The number of likely N-dealkylation sites (tertiary alicyclic amines) is 2. The van der Waals surface area contributed by atoms with Crippen LogP contribution >= 0.6 is 46.7 Å². The maximum absolute atomic E-state index is 14.2. The molecule has 4 fully saturated rings. The van der Waals surface area contributed by atoms with Gasteiger partial charge in [0.2, 0.25) is 23.3 Å². The van der Waals surface area contributed by atoms with E-state index in [0.717, 1.165) is 99.3 Å². The number of nitrogens with one attached hydrogen (secondary N) is 2. The number of aliphatic hydroxyl groups excluding tert-OH is 4. The van der Waals surface area contributed by atoms with Crippen molar-refractivity contribution in [1.82, 2.24) is 20.4 Å². The van der Waals surface area contributed by atoms with Crippen molar-refractivity contribution in [3.8, 4) is 11.5 Å². The Balaban J connectivity index is 0.932. The Bertz CT molecular complexity index is 3900. The largest absolute Gasteiger partial charge is 0.489 e. The van der Waals surface area contributed by atoms with E-state index in [4.69, 9.17) is 65.2 Å². The molecule has 0 spiro atoms. The smallest absolute Gasteiger partial charge is 0.374 e. The quantitative estimate of drug-likeness (QED) is 0.00929. The number of halogens is 2. The molecule has 4 aliphatic heterocycles. The molecule has 2 aromatic carbocycles. The Hall–Kier alpha value is -6.53. The van der Waals surface area contributed by atoms with Crippen LogP contribution in [0, 0.1) is 17.3 Å². The van der Waals surface area contributed by atoms with Crippen molar-refractivity contribution >= 4 is 98.4 Å². The number of likely N-dealkylation sites (N-methyl/N-ethyl adjacent to an activating group) is 2. The summed E-state index contributed by atoms with van der Waals surface area (Å²) in [6.45, 7) is 18.3. The number of fused-ring (bicyclic) bond motifs is 2. The lowest BCUT2D eigenvalue weighted by molar-refractivity contribution is -0.206. The van der Waals surface area contributed by atoms with Crippen LogP contribution in [0.4, 0.5) is 0 Å². The molecule has 18 atom stereocenters. The molecule has 2 aromatic heterocycles.